The highest BCUT2D eigenvalue weighted by molar-refractivity contribution is 6.30. The zero-order chi connectivity index (χ0) is 14.5. The minimum absolute atomic E-state index is 0.00722. The predicted octanol–water partition coefficient (Wildman–Crippen LogP) is 2.64. The second kappa shape index (κ2) is 6.75. The molecule has 1 fully saturated rings. The van der Waals surface area contributed by atoms with Crippen molar-refractivity contribution in [2.75, 3.05) is 0 Å². The van der Waals surface area contributed by atoms with Crippen molar-refractivity contribution >= 4 is 23.5 Å². The van der Waals surface area contributed by atoms with Gasteiger partial charge < -0.3 is 10.4 Å². The van der Waals surface area contributed by atoms with Crippen molar-refractivity contribution in [2.24, 2.45) is 5.92 Å². The largest absolute Gasteiger partial charge is 0.481 e. The number of hydrogen-bond donors (Lipinski definition) is 2. The summed E-state index contributed by atoms with van der Waals surface area (Å²) in [6.07, 6.45) is 3.20. The van der Waals surface area contributed by atoms with Crippen LogP contribution in [0.4, 0.5) is 0 Å². The van der Waals surface area contributed by atoms with Gasteiger partial charge in [0.25, 0.3) is 0 Å². The van der Waals surface area contributed by atoms with Crippen molar-refractivity contribution in [3.8, 4) is 0 Å². The molecular formula is C15H18ClNO3. The van der Waals surface area contributed by atoms with Gasteiger partial charge in [0.15, 0.2) is 0 Å². The van der Waals surface area contributed by atoms with Gasteiger partial charge in [-0.05, 0) is 43.4 Å². The van der Waals surface area contributed by atoms with Gasteiger partial charge in [0.1, 0.15) is 0 Å². The molecule has 2 N–H and O–H groups in total. The molecule has 20 heavy (non-hydrogen) atoms. The van der Waals surface area contributed by atoms with Gasteiger partial charge in [-0.25, -0.2) is 0 Å². The maximum atomic E-state index is 11.7. The van der Waals surface area contributed by atoms with Gasteiger partial charge in [-0.3, -0.25) is 9.59 Å². The molecule has 5 heteroatoms. The zero-order valence-electron chi connectivity index (χ0n) is 11.1. The maximum Gasteiger partial charge on any atom is 0.306 e. The monoisotopic (exact) mass is 295 g/mol. The van der Waals surface area contributed by atoms with Crippen LogP contribution in [0.15, 0.2) is 24.3 Å². The third-order valence-electron chi connectivity index (χ3n) is 3.63. The highest BCUT2D eigenvalue weighted by atomic mass is 35.5. The molecule has 1 amide bonds. The quantitative estimate of drug-likeness (QED) is 0.848. The highest BCUT2D eigenvalue weighted by Gasteiger charge is 2.34. The molecule has 4 nitrogen and oxygen atoms in total. The molecule has 1 aromatic rings. The van der Waals surface area contributed by atoms with Gasteiger partial charge in [-0.2, -0.15) is 0 Å². The number of carboxylic acid groups (broad SMARTS) is 1. The molecule has 1 aliphatic carbocycles. The number of halogens is 1. The lowest BCUT2D eigenvalue weighted by Gasteiger charge is -2.32. The van der Waals surface area contributed by atoms with E-state index >= 15 is 0 Å². The zero-order valence-corrected chi connectivity index (χ0v) is 11.9. The lowest BCUT2D eigenvalue weighted by molar-refractivity contribution is -0.146. The minimum atomic E-state index is -0.766. The Morgan fingerprint density at radius 3 is 2.50 bits per heavy atom. The fraction of sp³-hybridized carbons (Fsp3) is 0.467. The smallest absolute Gasteiger partial charge is 0.306 e. The van der Waals surface area contributed by atoms with E-state index in [1.165, 1.54) is 0 Å². The van der Waals surface area contributed by atoms with E-state index in [0.29, 0.717) is 24.3 Å². The van der Waals surface area contributed by atoms with E-state index in [2.05, 4.69) is 5.32 Å². The van der Waals surface area contributed by atoms with Crippen LogP contribution in [0, 0.1) is 5.92 Å². The highest BCUT2D eigenvalue weighted by Crippen LogP contribution is 2.27. The van der Waals surface area contributed by atoms with Crippen molar-refractivity contribution in [3.05, 3.63) is 34.9 Å². The lowest BCUT2D eigenvalue weighted by atomic mass is 9.80. The average Bonchev–Trinajstić information content (AvgIpc) is 2.35. The van der Waals surface area contributed by atoms with Gasteiger partial charge in [0.2, 0.25) is 5.91 Å². The third-order valence-corrected chi connectivity index (χ3v) is 3.89. The first-order valence-electron chi connectivity index (χ1n) is 6.81. The van der Waals surface area contributed by atoms with Crippen LogP contribution in [-0.4, -0.2) is 23.0 Å². The Kier molecular flexibility index (Phi) is 5.01. The number of nitrogens with one attached hydrogen (secondary N) is 1. The molecule has 0 aromatic heterocycles. The molecule has 0 heterocycles. The maximum absolute atomic E-state index is 11.7. The summed E-state index contributed by atoms with van der Waals surface area (Å²) < 4.78 is 0. The summed E-state index contributed by atoms with van der Waals surface area (Å²) in [6.45, 7) is 0. The molecule has 1 saturated carbocycles. The molecular weight excluding hydrogens is 278 g/mol. The number of hydrogen-bond acceptors (Lipinski definition) is 2. The Morgan fingerprint density at radius 2 is 1.90 bits per heavy atom. The first-order chi connectivity index (χ1) is 9.54. The molecule has 0 atom stereocenters. The molecule has 2 rings (SSSR count). The molecule has 108 valence electrons. The SMILES string of the molecule is O=C(CCCc1ccc(Cl)cc1)NC1CC(C(=O)O)C1. The minimum Gasteiger partial charge on any atom is -0.481 e. The Hall–Kier alpha value is -1.55. The van der Waals surface area contributed by atoms with Crippen LogP contribution in [0.5, 0.6) is 0 Å². The molecule has 0 bridgehead atoms. The normalized spacial score (nSPS) is 21.1. The summed E-state index contributed by atoms with van der Waals surface area (Å²) in [7, 11) is 0. The van der Waals surface area contributed by atoms with Crippen molar-refractivity contribution < 1.29 is 14.7 Å². The average molecular weight is 296 g/mol. The molecule has 0 aliphatic heterocycles. The van der Waals surface area contributed by atoms with Crippen molar-refractivity contribution in [3.63, 3.8) is 0 Å². The van der Waals surface area contributed by atoms with Crippen LogP contribution in [0.25, 0.3) is 0 Å². The van der Waals surface area contributed by atoms with Crippen LogP contribution in [-0.2, 0) is 16.0 Å². The number of benzene rings is 1. The Bertz CT molecular complexity index is 480. The van der Waals surface area contributed by atoms with Crippen molar-refractivity contribution in [1.82, 2.24) is 5.32 Å². The number of amides is 1. The lowest BCUT2D eigenvalue weighted by Crippen LogP contribution is -2.46. The molecule has 0 radical (unpaired) electrons. The fourth-order valence-electron chi connectivity index (χ4n) is 2.34. The molecule has 1 aromatic carbocycles. The van der Waals surface area contributed by atoms with Crippen molar-refractivity contribution in [2.45, 2.75) is 38.1 Å². The van der Waals surface area contributed by atoms with Gasteiger partial charge in [0.05, 0.1) is 5.92 Å². The fourth-order valence-corrected chi connectivity index (χ4v) is 2.47. The van der Waals surface area contributed by atoms with Crippen LogP contribution >= 0.6 is 11.6 Å². The van der Waals surface area contributed by atoms with Gasteiger partial charge >= 0.3 is 5.97 Å². The molecule has 0 spiro atoms. The summed E-state index contributed by atoms with van der Waals surface area (Å²) >= 11 is 5.80. The van der Waals surface area contributed by atoms with Gasteiger partial charge in [-0.1, -0.05) is 23.7 Å². The first kappa shape index (κ1) is 14.9. The first-order valence-corrected chi connectivity index (χ1v) is 7.19. The van der Waals surface area contributed by atoms with E-state index < -0.39 is 5.97 Å². The van der Waals surface area contributed by atoms with E-state index in [4.69, 9.17) is 16.7 Å². The molecule has 1 aliphatic rings. The Labute approximate surface area is 123 Å². The number of carboxylic acids is 1. The predicted molar refractivity (Wildman–Crippen MR) is 76.7 cm³/mol. The Morgan fingerprint density at radius 1 is 1.25 bits per heavy atom. The van der Waals surface area contributed by atoms with Crippen LogP contribution < -0.4 is 5.32 Å². The summed E-state index contributed by atoms with van der Waals surface area (Å²) in [5.41, 5.74) is 1.16. The van der Waals surface area contributed by atoms with E-state index in [1.807, 2.05) is 24.3 Å². The number of carbonyl (C=O) groups excluding carboxylic acids is 1. The van der Waals surface area contributed by atoms with E-state index in [0.717, 1.165) is 18.4 Å². The topological polar surface area (TPSA) is 66.4 Å². The summed E-state index contributed by atoms with van der Waals surface area (Å²) in [5, 5.41) is 12.3. The van der Waals surface area contributed by atoms with E-state index in [9.17, 15) is 9.59 Å². The van der Waals surface area contributed by atoms with Crippen LogP contribution in [0.2, 0.25) is 5.02 Å². The van der Waals surface area contributed by atoms with Crippen molar-refractivity contribution in [1.29, 1.82) is 0 Å². The van der Waals surface area contributed by atoms with E-state index in [1.54, 1.807) is 0 Å². The summed E-state index contributed by atoms with van der Waals surface area (Å²) in [5.74, 6) is -1.04. The van der Waals surface area contributed by atoms with Gasteiger partial charge in [-0.15, -0.1) is 0 Å². The number of aryl methyl sites for hydroxylation is 1. The summed E-state index contributed by atoms with van der Waals surface area (Å²) in [4.78, 5) is 22.3. The number of rotatable bonds is 6. The number of carbonyl (C=O) groups is 2. The van der Waals surface area contributed by atoms with Crippen LogP contribution in [0.1, 0.15) is 31.2 Å². The Balaban J connectivity index is 1.61. The second-order valence-corrected chi connectivity index (χ2v) is 5.69. The molecule has 0 saturated heterocycles. The number of aliphatic carboxylic acids is 1. The standard InChI is InChI=1S/C15H18ClNO3/c16-12-6-4-10(5-7-12)2-1-3-14(18)17-13-8-11(9-13)15(19)20/h4-7,11,13H,1-3,8-9H2,(H,17,18)(H,19,20). The third kappa shape index (κ3) is 4.23. The van der Waals surface area contributed by atoms with Gasteiger partial charge in [0, 0.05) is 17.5 Å². The summed E-state index contributed by atoms with van der Waals surface area (Å²) in [6, 6.07) is 7.65. The second-order valence-electron chi connectivity index (χ2n) is 5.25. The van der Waals surface area contributed by atoms with Crippen LogP contribution in [0.3, 0.4) is 0 Å². The molecule has 0 unspecified atom stereocenters. The van der Waals surface area contributed by atoms with E-state index in [-0.39, 0.29) is 17.9 Å².